The van der Waals surface area contributed by atoms with Crippen LogP contribution in [-0.4, -0.2) is 36.8 Å². The van der Waals surface area contributed by atoms with Crippen LogP contribution in [0.15, 0.2) is 18.2 Å². The monoisotopic (exact) mass is 292 g/mol. The molecule has 3 N–H and O–H groups in total. The zero-order valence-electron chi connectivity index (χ0n) is 12.7. The molecule has 116 valence electrons. The van der Waals surface area contributed by atoms with E-state index in [9.17, 15) is 9.90 Å². The summed E-state index contributed by atoms with van der Waals surface area (Å²) in [6.07, 6.45) is 1.88. The van der Waals surface area contributed by atoms with Crippen molar-refractivity contribution in [3.8, 4) is 5.75 Å². The van der Waals surface area contributed by atoms with Crippen molar-refractivity contribution in [2.75, 3.05) is 25.1 Å². The normalized spacial score (nSPS) is 21.4. The number of phenols is 1. The van der Waals surface area contributed by atoms with Crippen molar-refractivity contribution in [2.45, 2.75) is 32.7 Å². The second-order valence-electron chi connectivity index (χ2n) is 5.40. The first-order valence-corrected chi connectivity index (χ1v) is 7.59. The molecule has 2 unspecified atom stereocenters. The first-order chi connectivity index (χ1) is 10.2. The molecule has 21 heavy (non-hydrogen) atoms. The molecule has 0 aromatic heterocycles. The summed E-state index contributed by atoms with van der Waals surface area (Å²) in [5, 5.41) is 16.0. The van der Waals surface area contributed by atoms with Gasteiger partial charge in [-0.05, 0) is 37.1 Å². The Morgan fingerprint density at radius 1 is 1.38 bits per heavy atom. The molecule has 0 saturated carbocycles. The largest absolute Gasteiger partial charge is 0.506 e. The maximum atomic E-state index is 12.4. The third-order valence-electron chi connectivity index (χ3n) is 3.80. The number of amides is 1. The number of hydrogen-bond acceptors (Lipinski definition) is 4. The molecule has 1 aromatic carbocycles. The van der Waals surface area contributed by atoms with Gasteiger partial charge in [-0.15, -0.1) is 0 Å². The number of aryl methyl sites for hydroxylation is 1. The van der Waals surface area contributed by atoms with Gasteiger partial charge >= 0.3 is 0 Å². The quantitative estimate of drug-likeness (QED) is 0.700. The van der Waals surface area contributed by atoms with Gasteiger partial charge in [0.15, 0.2) is 0 Å². The van der Waals surface area contributed by atoms with E-state index in [-0.39, 0.29) is 23.6 Å². The van der Waals surface area contributed by atoms with Crippen LogP contribution in [0.5, 0.6) is 5.75 Å². The predicted octanol–water partition coefficient (Wildman–Crippen LogP) is 1.91. The zero-order valence-corrected chi connectivity index (χ0v) is 12.7. The number of carbonyl (C=O) groups is 1. The van der Waals surface area contributed by atoms with Crippen LogP contribution in [0.3, 0.4) is 0 Å². The van der Waals surface area contributed by atoms with Crippen molar-refractivity contribution >= 4 is 11.6 Å². The van der Waals surface area contributed by atoms with Gasteiger partial charge in [-0.25, -0.2) is 0 Å². The molecule has 5 heteroatoms. The van der Waals surface area contributed by atoms with Crippen LogP contribution in [0.1, 0.15) is 25.8 Å². The standard InChI is InChI=1S/C16H24N2O3/c1-3-7-17-14-10-21-9-12(14)16(20)18-13-8-11(4-2)5-6-15(13)19/h5-6,8,12,14,17,19H,3-4,7,9-10H2,1-2H3,(H,18,20). The summed E-state index contributed by atoms with van der Waals surface area (Å²) >= 11 is 0. The van der Waals surface area contributed by atoms with E-state index >= 15 is 0 Å². The molecule has 2 atom stereocenters. The van der Waals surface area contributed by atoms with Gasteiger partial charge in [0.1, 0.15) is 5.75 Å². The Morgan fingerprint density at radius 3 is 2.90 bits per heavy atom. The third-order valence-corrected chi connectivity index (χ3v) is 3.80. The van der Waals surface area contributed by atoms with E-state index in [0.717, 1.165) is 24.9 Å². The summed E-state index contributed by atoms with van der Waals surface area (Å²) in [4.78, 5) is 12.4. The molecule has 1 heterocycles. The highest BCUT2D eigenvalue weighted by atomic mass is 16.5. The van der Waals surface area contributed by atoms with Crippen LogP contribution in [0.4, 0.5) is 5.69 Å². The maximum Gasteiger partial charge on any atom is 0.231 e. The van der Waals surface area contributed by atoms with E-state index in [2.05, 4.69) is 17.6 Å². The molecule has 1 aromatic rings. The van der Waals surface area contributed by atoms with E-state index < -0.39 is 0 Å². The Morgan fingerprint density at radius 2 is 2.19 bits per heavy atom. The minimum atomic E-state index is -0.221. The second kappa shape index (κ2) is 7.43. The van der Waals surface area contributed by atoms with E-state index in [4.69, 9.17) is 4.74 Å². The first kappa shape index (κ1) is 15.8. The molecule has 0 spiro atoms. The number of rotatable bonds is 6. The van der Waals surface area contributed by atoms with Crippen LogP contribution in [0.25, 0.3) is 0 Å². The molecule has 5 nitrogen and oxygen atoms in total. The van der Waals surface area contributed by atoms with E-state index in [1.54, 1.807) is 6.07 Å². The number of aromatic hydroxyl groups is 1. The van der Waals surface area contributed by atoms with Crippen molar-refractivity contribution in [1.29, 1.82) is 0 Å². The fourth-order valence-corrected chi connectivity index (χ4v) is 2.47. The van der Waals surface area contributed by atoms with Gasteiger partial charge < -0.3 is 20.5 Å². The topological polar surface area (TPSA) is 70.6 Å². The van der Waals surface area contributed by atoms with Crippen LogP contribution in [-0.2, 0) is 16.0 Å². The molecule has 0 radical (unpaired) electrons. The van der Waals surface area contributed by atoms with Gasteiger partial charge in [0.25, 0.3) is 0 Å². The van der Waals surface area contributed by atoms with E-state index in [1.807, 2.05) is 19.1 Å². The minimum Gasteiger partial charge on any atom is -0.506 e. The molecule has 0 bridgehead atoms. The van der Waals surface area contributed by atoms with E-state index in [0.29, 0.717) is 18.9 Å². The highest BCUT2D eigenvalue weighted by Gasteiger charge is 2.33. The van der Waals surface area contributed by atoms with E-state index in [1.165, 1.54) is 0 Å². The lowest BCUT2D eigenvalue weighted by Gasteiger charge is -2.19. The Labute approximate surface area is 125 Å². The van der Waals surface area contributed by atoms with Crippen molar-refractivity contribution in [2.24, 2.45) is 5.92 Å². The summed E-state index contributed by atoms with van der Waals surface area (Å²) in [5.41, 5.74) is 1.55. The van der Waals surface area contributed by atoms with Crippen molar-refractivity contribution in [3.05, 3.63) is 23.8 Å². The summed E-state index contributed by atoms with van der Waals surface area (Å²) in [7, 11) is 0. The Hall–Kier alpha value is -1.59. The molecule has 1 fully saturated rings. The SMILES string of the molecule is CCCNC1COCC1C(=O)Nc1cc(CC)ccc1O. The number of ether oxygens (including phenoxy) is 1. The number of hydrogen-bond donors (Lipinski definition) is 3. The summed E-state index contributed by atoms with van der Waals surface area (Å²) in [5.74, 6) is -0.233. The number of phenolic OH excluding ortho intramolecular Hbond substituents is 1. The van der Waals surface area contributed by atoms with Gasteiger partial charge in [-0.2, -0.15) is 0 Å². The third kappa shape index (κ3) is 3.95. The molecule has 2 rings (SSSR count). The van der Waals surface area contributed by atoms with Gasteiger partial charge in [0, 0.05) is 6.04 Å². The smallest absolute Gasteiger partial charge is 0.231 e. The Kier molecular flexibility index (Phi) is 5.59. The highest BCUT2D eigenvalue weighted by Crippen LogP contribution is 2.26. The maximum absolute atomic E-state index is 12.4. The number of benzene rings is 1. The van der Waals surface area contributed by atoms with Gasteiger partial charge in [-0.3, -0.25) is 4.79 Å². The number of nitrogens with one attached hydrogen (secondary N) is 2. The minimum absolute atomic E-state index is 0.0430. The summed E-state index contributed by atoms with van der Waals surface area (Å²) < 4.78 is 5.41. The second-order valence-corrected chi connectivity index (χ2v) is 5.40. The highest BCUT2D eigenvalue weighted by molar-refractivity contribution is 5.94. The van der Waals surface area contributed by atoms with Crippen molar-refractivity contribution < 1.29 is 14.6 Å². The molecule has 0 aliphatic carbocycles. The molecule has 1 aliphatic heterocycles. The number of anilines is 1. The van der Waals surface area contributed by atoms with Crippen molar-refractivity contribution in [1.82, 2.24) is 5.32 Å². The Bertz CT molecular complexity index is 490. The lowest BCUT2D eigenvalue weighted by atomic mass is 10.0. The van der Waals surface area contributed by atoms with Crippen LogP contribution in [0, 0.1) is 5.92 Å². The fraction of sp³-hybridized carbons (Fsp3) is 0.562. The van der Waals surface area contributed by atoms with Crippen LogP contribution in [0.2, 0.25) is 0 Å². The van der Waals surface area contributed by atoms with Crippen LogP contribution < -0.4 is 10.6 Å². The van der Waals surface area contributed by atoms with Gasteiger partial charge in [0.2, 0.25) is 5.91 Å². The lowest BCUT2D eigenvalue weighted by Crippen LogP contribution is -2.41. The number of carbonyl (C=O) groups excluding carboxylic acids is 1. The molecular formula is C16H24N2O3. The average molecular weight is 292 g/mol. The zero-order chi connectivity index (χ0) is 15.2. The van der Waals surface area contributed by atoms with Crippen molar-refractivity contribution in [3.63, 3.8) is 0 Å². The predicted molar refractivity (Wildman–Crippen MR) is 82.5 cm³/mol. The summed E-state index contributed by atoms with van der Waals surface area (Å²) in [6.45, 7) is 5.97. The molecule has 1 amide bonds. The van der Waals surface area contributed by atoms with Gasteiger partial charge in [0.05, 0.1) is 24.8 Å². The first-order valence-electron chi connectivity index (χ1n) is 7.59. The average Bonchev–Trinajstić information content (AvgIpc) is 2.95. The van der Waals surface area contributed by atoms with Gasteiger partial charge in [-0.1, -0.05) is 19.9 Å². The lowest BCUT2D eigenvalue weighted by molar-refractivity contribution is -0.120. The molecule has 1 saturated heterocycles. The van der Waals surface area contributed by atoms with Crippen LogP contribution >= 0.6 is 0 Å². The summed E-state index contributed by atoms with van der Waals surface area (Å²) in [6, 6.07) is 5.33. The Balaban J connectivity index is 2.03. The fourth-order valence-electron chi connectivity index (χ4n) is 2.47. The molecule has 1 aliphatic rings. The molecular weight excluding hydrogens is 268 g/mol.